The largest absolute Gasteiger partial charge is 0.379 e. The number of morpholine rings is 1. The zero-order chi connectivity index (χ0) is 11.7. The van der Waals surface area contributed by atoms with Crippen LogP contribution in [0.4, 0.5) is 0 Å². The van der Waals surface area contributed by atoms with Crippen LogP contribution in [0.1, 0.15) is 11.4 Å². The van der Waals surface area contributed by atoms with E-state index in [0.29, 0.717) is 6.04 Å². The maximum Gasteiger partial charge on any atom is 0.108 e. The first-order valence-corrected chi connectivity index (χ1v) is 6.07. The fourth-order valence-electron chi connectivity index (χ4n) is 2.26. The summed E-state index contributed by atoms with van der Waals surface area (Å²) < 4.78 is 5.44. The van der Waals surface area contributed by atoms with Gasteiger partial charge < -0.3 is 15.0 Å². The number of aromatic amines is 1. The van der Waals surface area contributed by atoms with Crippen molar-refractivity contribution in [2.75, 3.05) is 19.8 Å². The number of aromatic nitrogens is 2. The molecule has 4 nitrogen and oxygen atoms in total. The molecule has 2 aromatic rings. The highest BCUT2D eigenvalue weighted by atomic mass is 16.5. The number of rotatable bonds is 2. The molecule has 2 heterocycles. The lowest BCUT2D eigenvalue weighted by atomic mass is 10.2. The summed E-state index contributed by atoms with van der Waals surface area (Å²) in [6.07, 6.45) is 0.897. The Morgan fingerprint density at radius 3 is 3.24 bits per heavy atom. The van der Waals surface area contributed by atoms with Crippen LogP contribution in [0.15, 0.2) is 18.2 Å². The highest BCUT2D eigenvalue weighted by Gasteiger charge is 2.15. The first kappa shape index (κ1) is 10.7. The van der Waals surface area contributed by atoms with E-state index >= 15 is 0 Å². The molecule has 1 aliphatic heterocycles. The van der Waals surface area contributed by atoms with E-state index < -0.39 is 0 Å². The molecule has 3 rings (SSSR count). The van der Waals surface area contributed by atoms with E-state index in [1.165, 1.54) is 5.56 Å². The van der Waals surface area contributed by atoms with Crippen molar-refractivity contribution in [3.63, 3.8) is 0 Å². The zero-order valence-corrected chi connectivity index (χ0v) is 9.99. The molecule has 1 fully saturated rings. The van der Waals surface area contributed by atoms with Gasteiger partial charge in [-0.3, -0.25) is 0 Å². The van der Waals surface area contributed by atoms with Crippen LogP contribution < -0.4 is 5.32 Å². The molecule has 0 bridgehead atoms. The van der Waals surface area contributed by atoms with E-state index in [0.717, 1.165) is 43.0 Å². The second-order valence-corrected chi connectivity index (χ2v) is 4.63. The number of imidazole rings is 1. The van der Waals surface area contributed by atoms with E-state index in [9.17, 15) is 0 Å². The topological polar surface area (TPSA) is 49.9 Å². The Morgan fingerprint density at radius 2 is 2.41 bits per heavy atom. The number of aryl methyl sites for hydroxylation is 1. The molecule has 17 heavy (non-hydrogen) atoms. The van der Waals surface area contributed by atoms with Gasteiger partial charge in [0.2, 0.25) is 0 Å². The molecule has 0 aliphatic carbocycles. The molecule has 4 heteroatoms. The summed E-state index contributed by atoms with van der Waals surface area (Å²) >= 11 is 0. The van der Waals surface area contributed by atoms with Crippen LogP contribution in [0, 0.1) is 6.92 Å². The van der Waals surface area contributed by atoms with E-state index in [1.54, 1.807) is 0 Å². The van der Waals surface area contributed by atoms with E-state index in [-0.39, 0.29) is 0 Å². The lowest BCUT2D eigenvalue weighted by Crippen LogP contribution is -2.42. The minimum absolute atomic E-state index is 0.380. The van der Waals surface area contributed by atoms with Crippen LogP contribution in [-0.4, -0.2) is 35.8 Å². The quantitative estimate of drug-likeness (QED) is 0.821. The predicted molar refractivity (Wildman–Crippen MR) is 67.1 cm³/mol. The molecule has 1 aromatic carbocycles. The number of ether oxygens (including phenoxy) is 1. The van der Waals surface area contributed by atoms with Gasteiger partial charge >= 0.3 is 0 Å². The number of hydrogen-bond donors (Lipinski definition) is 2. The smallest absolute Gasteiger partial charge is 0.108 e. The molecule has 0 spiro atoms. The summed E-state index contributed by atoms with van der Waals surface area (Å²) in [6, 6.07) is 6.67. The highest BCUT2D eigenvalue weighted by Crippen LogP contribution is 2.14. The van der Waals surface area contributed by atoms with Crippen molar-refractivity contribution in [1.29, 1.82) is 0 Å². The van der Waals surface area contributed by atoms with Gasteiger partial charge in [0.05, 0.1) is 24.2 Å². The Labute approximate surface area is 100 Å². The Bertz CT molecular complexity index is 514. The van der Waals surface area contributed by atoms with Gasteiger partial charge in [0.15, 0.2) is 0 Å². The Hall–Kier alpha value is -1.39. The van der Waals surface area contributed by atoms with Crippen LogP contribution in [0.2, 0.25) is 0 Å². The van der Waals surface area contributed by atoms with Crippen LogP contribution in [-0.2, 0) is 11.2 Å². The monoisotopic (exact) mass is 231 g/mol. The molecule has 1 aromatic heterocycles. The highest BCUT2D eigenvalue weighted by molar-refractivity contribution is 5.75. The molecule has 2 N–H and O–H groups in total. The molecule has 1 atom stereocenters. The average molecular weight is 231 g/mol. The second kappa shape index (κ2) is 4.47. The molecular weight excluding hydrogens is 214 g/mol. The standard InChI is InChI=1S/C13H17N3O/c1-9-2-3-11-12(6-9)16-13(15-11)7-10-8-17-5-4-14-10/h2-3,6,10,14H,4-5,7-8H2,1H3,(H,15,16). The van der Waals surface area contributed by atoms with Crippen molar-refractivity contribution < 1.29 is 4.74 Å². The average Bonchev–Trinajstić information content (AvgIpc) is 2.71. The molecule has 1 aliphatic rings. The molecule has 0 amide bonds. The van der Waals surface area contributed by atoms with Gasteiger partial charge in [-0.1, -0.05) is 6.07 Å². The lowest BCUT2D eigenvalue weighted by Gasteiger charge is -2.22. The normalized spacial score (nSPS) is 20.9. The molecule has 1 unspecified atom stereocenters. The summed E-state index contributed by atoms with van der Waals surface area (Å²) in [4.78, 5) is 7.97. The zero-order valence-electron chi connectivity index (χ0n) is 9.99. The van der Waals surface area contributed by atoms with Crippen molar-refractivity contribution in [2.45, 2.75) is 19.4 Å². The minimum atomic E-state index is 0.380. The van der Waals surface area contributed by atoms with Gasteiger partial charge in [-0.2, -0.15) is 0 Å². The van der Waals surface area contributed by atoms with Crippen molar-refractivity contribution >= 4 is 11.0 Å². The number of hydrogen-bond acceptors (Lipinski definition) is 3. The minimum Gasteiger partial charge on any atom is -0.379 e. The molecule has 0 saturated carbocycles. The maximum absolute atomic E-state index is 5.44. The second-order valence-electron chi connectivity index (χ2n) is 4.63. The van der Waals surface area contributed by atoms with Crippen molar-refractivity contribution in [3.05, 3.63) is 29.6 Å². The van der Waals surface area contributed by atoms with Gasteiger partial charge in [-0.25, -0.2) is 4.98 Å². The Kier molecular flexibility index (Phi) is 2.82. The van der Waals surface area contributed by atoms with Gasteiger partial charge in [0.25, 0.3) is 0 Å². The first-order chi connectivity index (χ1) is 8.31. The van der Waals surface area contributed by atoms with Gasteiger partial charge in [0, 0.05) is 19.0 Å². The van der Waals surface area contributed by atoms with Gasteiger partial charge in [-0.05, 0) is 24.6 Å². The number of H-pyrrole nitrogens is 1. The number of nitrogens with one attached hydrogen (secondary N) is 2. The van der Waals surface area contributed by atoms with E-state index in [1.807, 2.05) is 0 Å². The summed E-state index contributed by atoms with van der Waals surface area (Å²) in [7, 11) is 0. The summed E-state index contributed by atoms with van der Waals surface area (Å²) in [5.74, 6) is 1.04. The van der Waals surface area contributed by atoms with Gasteiger partial charge in [-0.15, -0.1) is 0 Å². The molecule has 0 radical (unpaired) electrons. The van der Waals surface area contributed by atoms with E-state index in [4.69, 9.17) is 4.74 Å². The lowest BCUT2D eigenvalue weighted by molar-refractivity contribution is 0.0765. The first-order valence-electron chi connectivity index (χ1n) is 6.07. The predicted octanol–water partition coefficient (Wildman–Crippen LogP) is 1.40. The summed E-state index contributed by atoms with van der Waals surface area (Å²) in [5.41, 5.74) is 3.42. The van der Waals surface area contributed by atoms with Crippen LogP contribution in [0.5, 0.6) is 0 Å². The molecular formula is C13H17N3O. The van der Waals surface area contributed by atoms with Crippen molar-refractivity contribution in [3.8, 4) is 0 Å². The third-order valence-corrected chi connectivity index (χ3v) is 3.12. The number of nitrogens with zero attached hydrogens (tertiary/aromatic N) is 1. The molecule has 1 saturated heterocycles. The molecule has 90 valence electrons. The fraction of sp³-hybridized carbons (Fsp3) is 0.462. The maximum atomic E-state index is 5.44. The number of fused-ring (bicyclic) bond motifs is 1. The van der Waals surface area contributed by atoms with Crippen LogP contribution in [0.3, 0.4) is 0 Å². The summed E-state index contributed by atoms with van der Waals surface area (Å²) in [5, 5.41) is 3.44. The van der Waals surface area contributed by atoms with Crippen molar-refractivity contribution in [1.82, 2.24) is 15.3 Å². The van der Waals surface area contributed by atoms with Crippen molar-refractivity contribution in [2.24, 2.45) is 0 Å². The third kappa shape index (κ3) is 2.33. The Balaban J connectivity index is 1.80. The fourth-order valence-corrected chi connectivity index (χ4v) is 2.26. The Morgan fingerprint density at radius 1 is 1.47 bits per heavy atom. The summed E-state index contributed by atoms with van der Waals surface area (Å²) in [6.45, 7) is 4.62. The van der Waals surface area contributed by atoms with E-state index in [2.05, 4.69) is 40.4 Å². The SMILES string of the molecule is Cc1ccc2nc(CC3COCCN3)[nH]c2c1. The van der Waals surface area contributed by atoms with Gasteiger partial charge in [0.1, 0.15) is 5.82 Å². The third-order valence-electron chi connectivity index (χ3n) is 3.12. The van der Waals surface area contributed by atoms with Crippen LogP contribution >= 0.6 is 0 Å². The number of benzene rings is 1. The van der Waals surface area contributed by atoms with Crippen LogP contribution in [0.25, 0.3) is 11.0 Å².